The number of allylic oxidation sites excluding steroid dienone is 3. The van der Waals surface area contributed by atoms with Gasteiger partial charge in [0.1, 0.15) is 12.2 Å². The van der Waals surface area contributed by atoms with Crippen molar-refractivity contribution in [3.63, 3.8) is 0 Å². The molecule has 2 fully saturated rings. The average molecular weight is 332 g/mol. The Morgan fingerprint density at radius 1 is 1.29 bits per heavy atom. The van der Waals surface area contributed by atoms with Crippen molar-refractivity contribution in [2.45, 2.75) is 76.8 Å². The number of carbonyl (C=O) groups is 1. The van der Waals surface area contributed by atoms with Crippen LogP contribution < -0.4 is 0 Å². The predicted molar refractivity (Wildman–Crippen MR) is 92.4 cm³/mol. The predicted octanol–water partition coefficient (Wildman–Crippen LogP) is 3.46. The van der Waals surface area contributed by atoms with Crippen LogP contribution in [-0.4, -0.2) is 35.0 Å². The number of hydrogen-bond acceptors (Lipinski definition) is 4. The fraction of sp³-hybridized carbons (Fsp3) is 0.650. The number of ether oxygens (including phenoxy) is 2. The Hall–Kier alpha value is -1.39. The van der Waals surface area contributed by atoms with Crippen LogP contribution in [0.15, 0.2) is 35.5 Å². The van der Waals surface area contributed by atoms with Gasteiger partial charge >= 0.3 is 5.97 Å². The normalized spacial score (nSPS) is 45.0. The monoisotopic (exact) mass is 332 g/mol. The highest BCUT2D eigenvalue weighted by Crippen LogP contribution is 2.47. The highest BCUT2D eigenvalue weighted by atomic mass is 16.6. The van der Waals surface area contributed by atoms with Crippen molar-refractivity contribution in [1.29, 1.82) is 0 Å². The van der Waals surface area contributed by atoms with E-state index in [1.807, 2.05) is 6.92 Å². The van der Waals surface area contributed by atoms with Crippen molar-refractivity contribution >= 4 is 5.97 Å². The standard InChI is InChI=1S/C20H28O4/c1-12-7-5-9-13(2)17(21)18-15(14(3)19(22)23-18)11-16-20(4,24-16)10-6-8-12/h8-9,15-18,21H,3,5-7,10-11H2,1-2,4H3/b12-8+,13-9+/t15-,16-,17-,18-,20-/m1/s1. The first kappa shape index (κ1) is 17.4. The molecule has 0 saturated carbocycles. The first-order valence-electron chi connectivity index (χ1n) is 8.90. The van der Waals surface area contributed by atoms with Gasteiger partial charge in [-0.05, 0) is 58.4 Å². The quantitative estimate of drug-likeness (QED) is 0.319. The summed E-state index contributed by atoms with van der Waals surface area (Å²) in [5, 5.41) is 10.7. The van der Waals surface area contributed by atoms with E-state index in [1.165, 1.54) is 5.57 Å². The van der Waals surface area contributed by atoms with Crippen molar-refractivity contribution in [3.8, 4) is 0 Å². The Labute approximate surface area is 144 Å². The molecule has 2 saturated heterocycles. The van der Waals surface area contributed by atoms with Gasteiger partial charge in [-0.1, -0.05) is 24.3 Å². The topological polar surface area (TPSA) is 59.1 Å². The summed E-state index contributed by atoms with van der Waals surface area (Å²) in [6.07, 6.45) is 7.64. The zero-order chi connectivity index (χ0) is 17.5. The van der Waals surface area contributed by atoms with E-state index in [-0.39, 0.29) is 23.6 Å². The van der Waals surface area contributed by atoms with Gasteiger partial charge in [0.25, 0.3) is 0 Å². The number of aliphatic hydroxyl groups is 1. The van der Waals surface area contributed by atoms with Crippen LogP contribution in [-0.2, 0) is 14.3 Å². The van der Waals surface area contributed by atoms with E-state index in [9.17, 15) is 9.90 Å². The molecule has 0 spiro atoms. The molecular weight excluding hydrogens is 304 g/mol. The first-order valence-corrected chi connectivity index (χ1v) is 8.90. The molecule has 4 heteroatoms. The smallest absolute Gasteiger partial charge is 0.334 e. The molecule has 0 amide bonds. The second-order valence-corrected chi connectivity index (χ2v) is 7.68. The van der Waals surface area contributed by atoms with Gasteiger partial charge in [0.05, 0.1) is 11.7 Å². The number of esters is 1. The fourth-order valence-corrected chi connectivity index (χ4v) is 3.85. The molecule has 2 heterocycles. The minimum atomic E-state index is -0.782. The van der Waals surface area contributed by atoms with Gasteiger partial charge in [-0.2, -0.15) is 0 Å². The summed E-state index contributed by atoms with van der Waals surface area (Å²) < 4.78 is 11.4. The molecule has 5 atom stereocenters. The zero-order valence-corrected chi connectivity index (χ0v) is 14.9. The molecule has 3 rings (SSSR count). The SMILES string of the molecule is C=C1C(=O)O[C@@H]2[C@@H]1C[C@H]1O[C@]1(C)CC/C=C(\C)CC/C=C(\C)[C@H]2O. The summed E-state index contributed by atoms with van der Waals surface area (Å²) in [5.41, 5.74) is 2.56. The number of rotatable bonds is 0. The Morgan fingerprint density at radius 3 is 2.79 bits per heavy atom. The zero-order valence-electron chi connectivity index (χ0n) is 14.9. The van der Waals surface area contributed by atoms with Crippen molar-refractivity contribution < 1.29 is 19.4 Å². The average Bonchev–Trinajstić information content (AvgIpc) is 3.08. The van der Waals surface area contributed by atoms with E-state index in [2.05, 4.69) is 32.6 Å². The summed E-state index contributed by atoms with van der Waals surface area (Å²) in [6, 6.07) is 0. The van der Waals surface area contributed by atoms with Gasteiger partial charge in [0.15, 0.2) is 0 Å². The van der Waals surface area contributed by atoms with Gasteiger partial charge in [0.2, 0.25) is 0 Å². The fourth-order valence-electron chi connectivity index (χ4n) is 3.85. The molecule has 132 valence electrons. The summed E-state index contributed by atoms with van der Waals surface area (Å²) in [6.45, 7) is 10.1. The summed E-state index contributed by atoms with van der Waals surface area (Å²) in [7, 11) is 0. The second-order valence-electron chi connectivity index (χ2n) is 7.68. The molecule has 1 aliphatic carbocycles. The van der Waals surface area contributed by atoms with Gasteiger partial charge < -0.3 is 14.6 Å². The van der Waals surface area contributed by atoms with Gasteiger partial charge in [-0.15, -0.1) is 0 Å². The van der Waals surface area contributed by atoms with Crippen molar-refractivity contribution in [1.82, 2.24) is 0 Å². The number of epoxide rings is 1. The van der Waals surface area contributed by atoms with E-state index in [0.717, 1.165) is 31.3 Å². The lowest BCUT2D eigenvalue weighted by Gasteiger charge is -2.24. The van der Waals surface area contributed by atoms with Crippen LogP contribution in [0.2, 0.25) is 0 Å². The Kier molecular flexibility index (Phi) is 4.71. The van der Waals surface area contributed by atoms with E-state index in [4.69, 9.17) is 9.47 Å². The minimum absolute atomic E-state index is 0.101. The Balaban J connectivity index is 1.84. The molecule has 2 aliphatic heterocycles. The molecule has 0 aromatic heterocycles. The highest BCUT2D eigenvalue weighted by Gasteiger charge is 2.55. The Bertz CT molecular complexity index is 603. The molecule has 0 aromatic carbocycles. The third kappa shape index (κ3) is 3.35. The lowest BCUT2D eigenvalue weighted by atomic mass is 9.84. The number of fused-ring (bicyclic) bond motifs is 2. The summed E-state index contributed by atoms with van der Waals surface area (Å²) in [4.78, 5) is 12.0. The van der Waals surface area contributed by atoms with Gasteiger partial charge in [0, 0.05) is 11.5 Å². The molecule has 1 N–H and O–H groups in total. The van der Waals surface area contributed by atoms with Crippen LogP contribution in [0.25, 0.3) is 0 Å². The molecule has 24 heavy (non-hydrogen) atoms. The maximum atomic E-state index is 12.0. The van der Waals surface area contributed by atoms with Crippen molar-refractivity contribution in [3.05, 3.63) is 35.5 Å². The summed E-state index contributed by atoms with van der Waals surface area (Å²) >= 11 is 0. The second kappa shape index (κ2) is 6.49. The lowest BCUT2D eigenvalue weighted by molar-refractivity contribution is -0.142. The lowest BCUT2D eigenvalue weighted by Crippen LogP contribution is -2.33. The maximum Gasteiger partial charge on any atom is 0.334 e. The Morgan fingerprint density at radius 2 is 2.04 bits per heavy atom. The number of hydrogen-bond donors (Lipinski definition) is 1. The number of aliphatic hydroxyl groups excluding tert-OH is 1. The van der Waals surface area contributed by atoms with Crippen LogP contribution >= 0.6 is 0 Å². The van der Waals surface area contributed by atoms with Crippen LogP contribution in [0, 0.1) is 5.92 Å². The van der Waals surface area contributed by atoms with Crippen LogP contribution in [0.1, 0.15) is 52.9 Å². The van der Waals surface area contributed by atoms with Crippen LogP contribution in [0.5, 0.6) is 0 Å². The largest absolute Gasteiger partial charge is 0.455 e. The van der Waals surface area contributed by atoms with Crippen LogP contribution in [0.4, 0.5) is 0 Å². The van der Waals surface area contributed by atoms with Gasteiger partial charge in [-0.3, -0.25) is 0 Å². The molecule has 0 radical (unpaired) electrons. The third-order valence-corrected chi connectivity index (χ3v) is 5.77. The van der Waals surface area contributed by atoms with Crippen molar-refractivity contribution in [2.75, 3.05) is 0 Å². The molecule has 4 nitrogen and oxygen atoms in total. The van der Waals surface area contributed by atoms with Crippen LogP contribution in [0.3, 0.4) is 0 Å². The van der Waals surface area contributed by atoms with E-state index in [0.29, 0.717) is 12.0 Å². The molecule has 0 aromatic rings. The molecule has 0 unspecified atom stereocenters. The highest BCUT2D eigenvalue weighted by molar-refractivity contribution is 5.91. The van der Waals surface area contributed by atoms with E-state index < -0.39 is 12.2 Å². The first-order chi connectivity index (χ1) is 11.3. The molecule has 3 aliphatic rings. The van der Waals surface area contributed by atoms with Crippen molar-refractivity contribution in [2.24, 2.45) is 5.92 Å². The molecule has 0 bridgehead atoms. The minimum Gasteiger partial charge on any atom is -0.455 e. The van der Waals surface area contributed by atoms with Gasteiger partial charge in [-0.25, -0.2) is 4.79 Å². The maximum absolute atomic E-state index is 12.0. The summed E-state index contributed by atoms with van der Waals surface area (Å²) in [5.74, 6) is -0.566. The number of carbonyl (C=O) groups excluding carboxylic acids is 1. The van der Waals surface area contributed by atoms with E-state index in [1.54, 1.807) is 0 Å². The van der Waals surface area contributed by atoms with E-state index >= 15 is 0 Å². The molecular formula is C20H28O4. The third-order valence-electron chi connectivity index (χ3n) is 5.77.